The highest BCUT2D eigenvalue weighted by atomic mass is 35.5. The van der Waals surface area contributed by atoms with Gasteiger partial charge in [0.25, 0.3) is 0 Å². The van der Waals surface area contributed by atoms with Crippen LogP contribution in [0, 0.1) is 6.92 Å². The summed E-state index contributed by atoms with van der Waals surface area (Å²) in [6.45, 7) is 6.22. The Balaban J connectivity index is 1.89. The standard InChI is InChI=1S/C22H17Cl2N3/c1-13(19-12-25-14(2)27(19)3)16-9-10-18-17(11-16)21(23)20(22(24)26-18)15-7-5-4-6-8-15/h4-12H,1H2,2-3H3. The molecule has 3 nitrogen and oxygen atoms in total. The number of aryl methyl sites for hydroxylation is 1. The summed E-state index contributed by atoms with van der Waals surface area (Å²) in [5.41, 5.74) is 5.25. The molecule has 4 aromatic rings. The van der Waals surface area contributed by atoms with Crippen LogP contribution in [0.4, 0.5) is 0 Å². The predicted molar refractivity (Wildman–Crippen MR) is 113 cm³/mol. The SMILES string of the molecule is C=C(c1ccc2nc(Cl)c(-c3ccccc3)c(Cl)c2c1)c1cnc(C)n1C. The van der Waals surface area contributed by atoms with Gasteiger partial charge in [0, 0.05) is 18.0 Å². The van der Waals surface area contributed by atoms with Gasteiger partial charge in [-0.15, -0.1) is 0 Å². The summed E-state index contributed by atoms with van der Waals surface area (Å²) in [5, 5.41) is 1.83. The summed E-state index contributed by atoms with van der Waals surface area (Å²) in [6, 6.07) is 15.7. The van der Waals surface area contributed by atoms with Crippen LogP contribution in [0.25, 0.3) is 27.6 Å². The van der Waals surface area contributed by atoms with Crippen LogP contribution in [0.5, 0.6) is 0 Å². The second-order valence-corrected chi connectivity index (χ2v) is 7.15. The number of halogens is 2. The lowest BCUT2D eigenvalue weighted by Crippen LogP contribution is -1.98. The van der Waals surface area contributed by atoms with Crippen molar-refractivity contribution in [3.63, 3.8) is 0 Å². The molecule has 0 aliphatic carbocycles. The summed E-state index contributed by atoms with van der Waals surface area (Å²) >= 11 is 13.2. The van der Waals surface area contributed by atoms with E-state index in [1.54, 1.807) is 0 Å². The third kappa shape index (κ3) is 3.03. The second-order valence-electron chi connectivity index (χ2n) is 6.42. The Morgan fingerprint density at radius 2 is 1.81 bits per heavy atom. The summed E-state index contributed by atoms with van der Waals surface area (Å²) in [5.74, 6) is 0.935. The van der Waals surface area contributed by atoms with Crippen molar-refractivity contribution in [1.29, 1.82) is 0 Å². The molecule has 0 saturated heterocycles. The molecule has 0 aliphatic rings. The van der Waals surface area contributed by atoms with Gasteiger partial charge in [0.2, 0.25) is 0 Å². The lowest BCUT2D eigenvalue weighted by molar-refractivity contribution is 0.846. The van der Waals surface area contributed by atoms with Gasteiger partial charge >= 0.3 is 0 Å². The normalized spacial score (nSPS) is 11.1. The molecule has 5 heteroatoms. The summed E-state index contributed by atoms with van der Waals surface area (Å²) < 4.78 is 2.02. The summed E-state index contributed by atoms with van der Waals surface area (Å²) in [4.78, 5) is 8.90. The minimum Gasteiger partial charge on any atom is -0.331 e. The van der Waals surface area contributed by atoms with E-state index in [1.807, 2.05) is 73.3 Å². The number of benzene rings is 2. The maximum atomic E-state index is 6.77. The van der Waals surface area contributed by atoms with Crippen molar-refractivity contribution in [2.45, 2.75) is 6.92 Å². The number of nitrogens with zero attached hydrogens (tertiary/aromatic N) is 3. The third-order valence-corrected chi connectivity index (χ3v) is 5.48. The highest BCUT2D eigenvalue weighted by Gasteiger charge is 2.16. The first-order chi connectivity index (χ1) is 13.0. The fourth-order valence-corrected chi connectivity index (χ4v) is 3.86. The Labute approximate surface area is 167 Å². The van der Waals surface area contributed by atoms with E-state index in [-0.39, 0.29) is 0 Å². The van der Waals surface area contributed by atoms with Crippen molar-refractivity contribution in [3.05, 3.63) is 88.6 Å². The molecule has 4 rings (SSSR count). The molecule has 0 fully saturated rings. The summed E-state index contributed by atoms with van der Waals surface area (Å²) in [7, 11) is 1.98. The molecule has 0 N–H and O–H groups in total. The van der Waals surface area contributed by atoms with Crippen molar-refractivity contribution >= 4 is 39.7 Å². The van der Waals surface area contributed by atoms with E-state index in [0.29, 0.717) is 10.2 Å². The molecule has 134 valence electrons. The Bertz CT molecular complexity index is 1180. The molecule has 0 saturated carbocycles. The van der Waals surface area contributed by atoms with Crippen LogP contribution in [-0.4, -0.2) is 14.5 Å². The largest absolute Gasteiger partial charge is 0.331 e. The van der Waals surface area contributed by atoms with E-state index in [2.05, 4.69) is 16.5 Å². The molecular weight excluding hydrogens is 377 g/mol. The molecule has 0 aliphatic heterocycles. The van der Waals surface area contributed by atoms with Crippen LogP contribution in [0.2, 0.25) is 10.2 Å². The van der Waals surface area contributed by atoms with Gasteiger partial charge in [-0.2, -0.15) is 0 Å². The number of pyridine rings is 1. The fourth-order valence-electron chi connectivity index (χ4n) is 3.16. The first-order valence-electron chi connectivity index (χ1n) is 8.49. The van der Waals surface area contributed by atoms with E-state index in [0.717, 1.165) is 44.7 Å². The molecule has 2 aromatic carbocycles. The molecular formula is C22H17Cl2N3. The van der Waals surface area contributed by atoms with Crippen molar-refractivity contribution in [2.24, 2.45) is 7.05 Å². The minimum atomic E-state index is 0.396. The topological polar surface area (TPSA) is 30.7 Å². The lowest BCUT2D eigenvalue weighted by Gasteiger charge is -2.13. The zero-order valence-electron chi connectivity index (χ0n) is 15.0. The van der Waals surface area contributed by atoms with E-state index in [1.165, 1.54) is 0 Å². The molecule has 0 unspecified atom stereocenters. The zero-order valence-corrected chi connectivity index (χ0v) is 16.5. The van der Waals surface area contributed by atoms with Crippen LogP contribution in [0.1, 0.15) is 17.1 Å². The maximum Gasteiger partial charge on any atom is 0.139 e. The van der Waals surface area contributed by atoms with Gasteiger partial charge in [0.05, 0.1) is 22.4 Å². The molecule has 0 radical (unpaired) electrons. The van der Waals surface area contributed by atoms with Crippen LogP contribution in [-0.2, 0) is 7.05 Å². The van der Waals surface area contributed by atoms with Crippen molar-refractivity contribution < 1.29 is 0 Å². The van der Waals surface area contributed by atoms with Crippen LogP contribution in [0.3, 0.4) is 0 Å². The van der Waals surface area contributed by atoms with E-state index in [9.17, 15) is 0 Å². The van der Waals surface area contributed by atoms with Crippen molar-refractivity contribution in [1.82, 2.24) is 14.5 Å². The van der Waals surface area contributed by atoms with Gasteiger partial charge in [-0.25, -0.2) is 9.97 Å². The first kappa shape index (κ1) is 17.8. The zero-order chi connectivity index (χ0) is 19.1. The molecule has 0 spiro atoms. The third-order valence-electron chi connectivity index (χ3n) is 4.82. The fraction of sp³-hybridized carbons (Fsp3) is 0.0909. The Morgan fingerprint density at radius 1 is 1.07 bits per heavy atom. The molecule has 27 heavy (non-hydrogen) atoms. The van der Waals surface area contributed by atoms with Gasteiger partial charge in [-0.3, -0.25) is 0 Å². The second kappa shape index (κ2) is 6.84. The molecule has 2 heterocycles. The monoisotopic (exact) mass is 393 g/mol. The number of fused-ring (bicyclic) bond motifs is 1. The van der Waals surface area contributed by atoms with Gasteiger partial charge in [-0.1, -0.05) is 66.2 Å². The van der Waals surface area contributed by atoms with Crippen LogP contribution < -0.4 is 0 Å². The molecule has 0 bridgehead atoms. The Morgan fingerprint density at radius 3 is 2.48 bits per heavy atom. The number of hydrogen-bond donors (Lipinski definition) is 0. The average Bonchev–Trinajstić information content (AvgIpc) is 3.01. The molecule has 0 atom stereocenters. The molecule has 0 amide bonds. The van der Waals surface area contributed by atoms with E-state index in [4.69, 9.17) is 23.2 Å². The first-order valence-corrected chi connectivity index (χ1v) is 9.25. The average molecular weight is 394 g/mol. The lowest BCUT2D eigenvalue weighted by atomic mass is 10.00. The van der Waals surface area contributed by atoms with Gasteiger partial charge in [-0.05, 0) is 35.8 Å². The van der Waals surface area contributed by atoms with Crippen LogP contribution >= 0.6 is 23.2 Å². The summed E-state index contributed by atoms with van der Waals surface area (Å²) in [6.07, 6.45) is 1.83. The number of aromatic nitrogens is 3. The highest BCUT2D eigenvalue weighted by molar-refractivity contribution is 6.42. The minimum absolute atomic E-state index is 0.396. The highest BCUT2D eigenvalue weighted by Crippen LogP contribution is 2.39. The number of hydrogen-bond acceptors (Lipinski definition) is 2. The van der Waals surface area contributed by atoms with E-state index < -0.39 is 0 Å². The van der Waals surface area contributed by atoms with Gasteiger partial charge in [0.1, 0.15) is 11.0 Å². The Hall–Kier alpha value is -2.62. The van der Waals surface area contributed by atoms with Crippen molar-refractivity contribution in [2.75, 3.05) is 0 Å². The quantitative estimate of drug-likeness (QED) is 0.381. The number of imidazole rings is 1. The van der Waals surface area contributed by atoms with Crippen LogP contribution in [0.15, 0.2) is 61.3 Å². The van der Waals surface area contributed by atoms with E-state index >= 15 is 0 Å². The number of rotatable bonds is 3. The van der Waals surface area contributed by atoms with Gasteiger partial charge < -0.3 is 4.57 Å². The van der Waals surface area contributed by atoms with Gasteiger partial charge in [0.15, 0.2) is 0 Å². The molecule has 2 aromatic heterocycles. The van der Waals surface area contributed by atoms with Crippen molar-refractivity contribution in [3.8, 4) is 11.1 Å². The predicted octanol–water partition coefficient (Wildman–Crippen LogP) is 6.31. The smallest absolute Gasteiger partial charge is 0.139 e. The Kier molecular flexibility index (Phi) is 4.50. The maximum absolute atomic E-state index is 6.77.